The molecule has 3 nitrogen and oxygen atoms in total. The predicted molar refractivity (Wildman–Crippen MR) is 60.1 cm³/mol. The molecule has 3 heteroatoms. The molecular weight excluding hydrogens is 190 g/mol. The second-order valence-electron chi connectivity index (χ2n) is 4.60. The number of hydrogen-bond donors (Lipinski definition) is 1. The Morgan fingerprint density at radius 3 is 2.53 bits per heavy atom. The molecule has 0 saturated carbocycles. The third kappa shape index (κ3) is 5.90. The van der Waals surface area contributed by atoms with Crippen LogP contribution in [0.1, 0.15) is 40.0 Å². The van der Waals surface area contributed by atoms with Gasteiger partial charge >= 0.3 is 0 Å². The first-order chi connectivity index (χ1) is 6.91. The molecule has 0 aliphatic rings. The van der Waals surface area contributed by atoms with Crippen molar-refractivity contribution in [3.05, 3.63) is 0 Å². The average molecular weight is 209 g/mol. The van der Waals surface area contributed by atoms with Gasteiger partial charge in [-0.15, -0.1) is 12.3 Å². The number of carbonyl (C=O) groups excluding carboxylic acids is 2. The highest BCUT2D eigenvalue weighted by atomic mass is 16.2. The molecule has 0 radical (unpaired) electrons. The lowest BCUT2D eigenvalue weighted by atomic mass is 9.87. The van der Waals surface area contributed by atoms with Crippen molar-refractivity contribution in [2.45, 2.75) is 46.1 Å². The third-order valence-electron chi connectivity index (χ3n) is 2.11. The standard InChI is InChI=1S/C12H19NO2/c1-5-6-7-8-11(15)13-10(9-14)12(2,3)4/h1,9-10H,6-8H2,2-4H3,(H,13,15). The number of aldehydes is 1. The van der Waals surface area contributed by atoms with Gasteiger partial charge in [0.15, 0.2) is 0 Å². The van der Waals surface area contributed by atoms with E-state index >= 15 is 0 Å². The fourth-order valence-corrected chi connectivity index (χ4v) is 1.05. The van der Waals surface area contributed by atoms with Crippen LogP contribution in [-0.4, -0.2) is 18.2 Å². The molecule has 15 heavy (non-hydrogen) atoms. The van der Waals surface area contributed by atoms with Crippen molar-refractivity contribution in [2.24, 2.45) is 5.41 Å². The molecule has 84 valence electrons. The third-order valence-corrected chi connectivity index (χ3v) is 2.11. The fraction of sp³-hybridized carbons (Fsp3) is 0.667. The summed E-state index contributed by atoms with van der Waals surface area (Å²) in [4.78, 5) is 22.2. The lowest BCUT2D eigenvalue weighted by molar-refractivity contribution is -0.125. The van der Waals surface area contributed by atoms with Crippen molar-refractivity contribution < 1.29 is 9.59 Å². The summed E-state index contributed by atoms with van der Waals surface area (Å²) >= 11 is 0. The van der Waals surface area contributed by atoms with Crippen molar-refractivity contribution in [1.82, 2.24) is 5.32 Å². The molecule has 1 amide bonds. The zero-order chi connectivity index (χ0) is 11.9. The van der Waals surface area contributed by atoms with E-state index in [9.17, 15) is 9.59 Å². The largest absolute Gasteiger partial charge is 0.346 e. The van der Waals surface area contributed by atoms with E-state index in [4.69, 9.17) is 6.42 Å². The predicted octanol–water partition coefficient (Wildman–Crippen LogP) is 1.52. The molecule has 0 saturated heterocycles. The summed E-state index contributed by atoms with van der Waals surface area (Å²) in [6.45, 7) is 5.73. The van der Waals surface area contributed by atoms with Gasteiger partial charge in [0.1, 0.15) is 6.29 Å². The van der Waals surface area contributed by atoms with Gasteiger partial charge in [-0.1, -0.05) is 20.8 Å². The normalized spacial score (nSPS) is 12.7. The maximum absolute atomic E-state index is 11.4. The summed E-state index contributed by atoms with van der Waals surface area (Å²) in [5, 5.41) is 2.69. The van der Waals surface area contributed by atoms with E-state index in [-0.39, 0.29) is 11.3 Å². The van der Waals surface area contributed by atoms with Crippen LogP contribution in [0, 0.1) is 17.8 Å². The number of amides is 1. The van der Waals surface area contributed by atoms with Crippen molar-refractivity contribution in [1.29, 1.82) is 0 Å². The van der Waals surface area contributed by atoms with E-state index in [1.54, 1.807) is 0 Å². The summed E-state index contributed by atoms with van der Waals surface area (Å²) in [5.74, 6) is 2.36. The Bertz CT molecular complexity index is 258. The number of carbonyl (C=O) groups is 2. The molecule has 0 aliphatic heterocycles. The van der Waals surface area contributed by atoms with Gasteiger partial charge in [0.05, 0.1) is 6.04 Å². The zero-order valence-electron chi connectivity index (χ0n) is 9.67. The second kappa shape index (κ2) is 6.23. The van der Waals surface area contributed by atoms with Crippen LogP contribution >= 0.6 is 0 Å². The van der Waals surface area contributed by atoms with E-state index in [0.717, 1.165) is 6.29 Å². The number of rotatable bonds is 5. The van der Waals surface area contributed by atoms with Gasteiger partial charge in [-0.3, -0.25) is 4.79 Å². The highest BCUT2D eigenvalue weighted by molar-refractivity contribution is 5.79. The first kappa shape index (κ1) is 13.7. The summed E-state index contributed by atoms with van der Waals surface area (Å²) in [7, 11) is 0. The first-order valence-electron chi connectivity index (χ1n) is 5.10. The SMILES string of the molecule is C#CCCCC(=O)NC(C=O)C(C)(C)C. The van der Waals surface area contributed by atoms with E-state index in [0.29, 0.717) is 19.3 Å². The molecule has 0 aromatic heterocycles. The van der Waals surface area contributed by atoms with Gasteiger partial charge in [0, 0.05) is 12.8 Å². The molecule has 0 bridgehead atoms. The Labute approximate surface area is 91.6 Å². The van der Waals surface area contributed by atoms with Crippen LogP contribution in [0.4, 0.5) is 0 Å². The highest BCUT2D eigenvalue weighted by Crippen LogP contribution is 2.17. The molecule has 0 aromatic rings. The lowest BCUT2D eigenvalue weighted by Crippen LogP contribution is -2.44. The van der Waals surface area contributed by atoms with Gasteiger partial charge in [0.25, 0.3) is 0 Å². The van der Waals surface area contributed by atoms with Crippen molar-refractivity contribution in [3.63, 3.8) is 0 Å². The molecule has 0 heterocycles. The van der Waals surface area contributed by atoms with Crippen LogP contribution in [0.2, 0.25) is 0 Å². The van der Waals surface area contributed by atoms with Crippen molar-refractivity contribution in [3.8, 4) is 12.3 Å². The van der Waals surface area contributed by atoms with Gasteiger partial charge in [-0.25, -0.2) is 0 Å². The molecule has 1 atom stereocenters. The molecule has 1 N–H and O–H groups in total. The minimum atomic E-state index is -0.434. The molecule has 0 rings (SSSR count). The quantitative estimate of drug-likeness (QED) is 0.424. The Hall–Kier alpha value is -1.30. The van der Waals surface area contributed by atoms with Crippen LogP contribution in [-0.2, 0) is 9.59 Å². The molecule has 0 aliphatic carbocycles. The van der Waals surface area contributed by atoms with Gasteiger partial charge in [0.2, 0.25) is 5.91 Å². The fourth-order valence-electron chi connectivity index (χ4n) is 1.05. The molecule has 0 spiro atoms. The minimum absolute atomic E-state index is 0.114. The van der Waals surface area contributed by atoms with E-state index in [1.807, 2.05) is 20.8 Å². The van der Waals surface area contributed by atoms with Crippen LogP contribution < -0.4 is 5.32 Å². The van der Waals surface area contributed by atoms with Gasteiger partial charge in [-0.2, -0.15) is 0 Å². The number of terminal acetylenes is 1. The summed E-state index contributed by atoms with van der Waals surface area (Å²) in [6.07, 6.45) is 7.49. The zero-order valence-corrected chi connectivity index (χ0v) is 9.67. The van der Waals surface area contributed by atoms with Crippen LogP contribution in [0.5, 0.6) is 0 Å². The lowest BCUT2D eigenvalue weighted by Gasteiger charge is -2.26. The second-order valence-corrected chi connectivity index (χ2v) is 4.60. The summed E-state index contributed by atoms with van der Waals surface area (Å²) < 4.78 is 0. The first-order valence-corrected chi connectivity index (χ1v) is 5.10. The van der Waals surface area contributed by atoms with E-state index in [1.165, 1.54) is 0 Å². The summed E-state index contributed by atoms with van der Waals surface area (Å²) in [6, 6.07) is -0.434. The Balaban J connectivity index is 4.04. The number of unbranched alkanes of at least 4 members (excludes halogenated alkanes) is 1. The summed E-state index contributed by atoms with van der Waals surface area (Å²) in [5.41, 5.74) is -0.247. The molecule has 0 aromatic carbocycles. The number of nitrogens with one attached hydrogen (secondary N) is 1. The Kier molecular flexibility index (Phi) is 5.69. The highest BCUT2D eigenvalue weighted by Gasteiger charge is 2.25. The van der Waals surface area contributed by atoms with Crippen LogP contribution in [0.15, 0.2) is 0 Å². The molecular formula is C12H19NO2. The van der Waals surface area contributed by atoms with Crippen LogP contribution in [0.3, 0.4) is 0 Å². The van der Waals surface area contributed by atoms with E-state index in [2.05, 4.69) is 11.2 Å². The van der Waals surface area contributed by atoms with Gasteiger partial charge in [-0.05, 0) is 11.8 Å². The van der Waals surface area contributed by atoms with Crippen molar-refractivity contribution >= 4 is 12.2 Å². The Morgan fingerprint density at radius 2 is 2.13 bits per heavy atom. The molecule has 1 unspecified atom stereocenters. The number of hydrogen-bond acceptors (Lipinski definition) is 2. The smallest absolute Gasteiger partial charge is 0.220 e. The van der Waals surface area contributed by atoms with E-state index < -0.39 is 6.04 Å². The monoisotopic (exact) mass is 209 g/mol. The van der Waals surface area contributed by atoms with Crippen molar-refractivity contribution in [2.75, 3.05) is 0 Å². The Morgan fingerprint density at radius 1 is 1.53 bits per heavy atom. The van der Waals surface area contributed by atoms with Crippen LogP contribution in [0.25, 0.3) is 0 Å². The topological polar surface area (TPSA) is 46.2 Å². The maximum atomic E-state index is 11.4. The van der Waals surface area contributed by atoms with Gasteiger partial charge < -0.3 is 10.1 Å². The average Bonchev–Trinajstić information content (AvgIpc) is 2.12. The maximum Gasteiger partial charge on any atom is 0.220 e. The minimum Gasteiger partial charge on any atom is -0.346 e. The molecule has 0 fully saturated rings.